The van der Waals surface area contributed by atoms with Crippen LogP contribution in [-0.4, -0.2) is 76.1 Å². The summed E-state index contributed by atoms with van der Waals surface area (Å²) in [5, 5.41) is 6.88. The molecule has 0 unspecified atom stereocenters. The highest BCUT2D eigenvalue weighted by Gasteiger charge is 2.20. The number of benzene rings is 1. The number of aliphatic imine (C=N–C) groups is 1. The molecule has 3 rings (SSSR count). The lowest BCUT2D eigenvalue weighted by molar-refractivity contribution is 0.0389. The van der Waals surface area contributed by atoms with Crippen LogP contribution in [0, 0.1) is 5.92 Å². The van der Waals surface area contributed by atoms with E-state index in [2.05, 4.69) is 15.5 Å². The van der Waals surface area contributed by atoms with Gasteiger partial charge in [0.1, 0.15) is 5.75 Å². The van der Waals surface area contributed by atoms with E-state index in [1.165, 1.54) is 12.8 Å². The first kappa shape index (κ1) is 26.2. The molecule has 0 atom stereocenters. The topological polar surface area (TPSA) is 67.3 Å². The van der Waals surface area contributed by atoms with Crippen molar-refractivity contribution < 1.29 is 14.2 Å². The van der Waals surface area contributed by atoms with Gasteiger partial charge in [0.2, 0.25) is 0 Å². The highest BCUT2D eigenvalue weighted by molar-refractivity contribution is 14.0. The second-order valence-electron chi connectivity index (χ2n) is 8.30. The molecular weight excluding hydrogens is 507 g/mol. The molecule has 0 bridgehead atoms. The Morgan fingerprint density at radius 2 is 1.94 bits per heavy atom. The Morgan fingerprint density at radius 3 is 2.61 bits per heavy atom. The highest BCUT2D eigenvalue weighted by atomic mass is 127. The van der Waals surface area contributed by atoms with E-state index in [9.17, 15) is 0 Å². The van der Waals surface area contributed by atoms with Crippen molar-refractivity contribution in [3.63, 3.8) is 0 Å². The van der Waals surface area contributed by atoms with Gasteiger partial charge in [-0.05, 0) is 63.3 Å². The molecule has 1 saturated heterocycles. The summed E-state index contributed by atoms with van der Waals surface area (Å²) in [5.74, 6) is 2.50. The van der Waals surface area contributed by atoms with Crippen molar-refractivity contribution in [2.24, 2.45) is 10.9 Å². The first-order valence-corrected chi connectivity index (χ1v) is 11.4. The zero-order valence-corrected chi connectivity index (χ0v) is 21.3. The fourth-order valence-corrected chi connectivity index (χ4v) is 3.21. The van der Waals surface area contributed by atoms with Gasteiger partial charge < -0.3 is 24.8 Å². The van der Waals surface area contributed by atoms with Crippen LogP contribution in [0.15, 0.2) is 29.3 Å². The van der Waals surface area contributed by atoms with Gasteiger partial charge >= 0.3 is 0 Å². The third-order valence-electron chi connectivity index (χ3n) is 5.08. The molecule has 1 saturated carbocycles. The molecule has 1 aromatic rings. The average Bonchev–Trinajstić information content (AvgIpc) is 3.56. The monoisotopic (exact) mass is 546 g/mol. The third kappa shape index (κ3) is 11.4. The Morgan fingerprint density at radius 1 is 1.19 bits per heavy atom. The largest absolute Gasteiger partial charge is 0.491 e. The van der Waals surface area contributed by atoms with E-state index in [0.29, 0.717) is 0 Å². The van der Waals surface area contributed by atoms with E-state index in [1.807, 2.05) is 38.1 Å². The molecule has 2 fully saturated rings. The van der Waals surface area contributed by atoms with E-state index >= 15 is 0 Å². The predicted octanol–water partition coefficient (Wildman–Crippen LogP) is 3.60. The van der Waals surface area contributed by atoms with Gasteiger partial charge in [-0.25, -0.2) is 0 Å². The van der Waals surface area contributed by atoms with Crippen LogP contribution in [0.2, 0.25) is 0 Å². The maximum absolute atomic E-state index is 5.73. The first-order chi connectivity index (χ1) is 14.7. The Kier molecular flexibility index (Phi) is 12.5. The number of nitrogens with zero attached hydrogens (tertiary/aromatic N) is 2. The lowest BCUT2D eigenvalue weighted by atomic mass is 10.3. The van der Waals surface area contributed by atoms with Gasteiger partial charge in [-0.1, -0.05) is 0 Å². The fraction of sp³-hybridized carbons (Fsp3) is 0.696. The van der Waals surface area contributed by atoms with Crippen LogP contribution < -0.4 is 15.4 Å². The van der Waals surface area contributed by atoms with E-state index in [4.69, 9.17) is 19.2 Å². The van der Waals surface area contributed by atoms with Crippen LogP contribution in [0.3, 0.4) is 0 Å². The maximum atomic E-state index is 5.73. The molecule has 0 radical (unpaired) electrons. The quantitative estimate of drug-likeness (QED) is 0.181. The number of hydrogen-bond donors (Lipinski definition) is 2. The minimum Gasteiger partial charge on any atom is -0.491 e. The Hall–Kier alpha value is -1.10. The van der Waals surface area contributed by atoms with Crippen molar-refractivity contribution in [1.29, 1.82) is 0 Å². The van der Waals surface area contributed by atoms with Crippen molar-refractivity contribution in [3.8, 4) is 5.75 Å². The molecule has 1 aliphatic heterocycles. The number of morpholine rings is 1. The minimum absolute atomic E-state index is 0. The van der Waals surface area contributed by atoms with Gasteiger partial charge in [-0.3, -0.25) is 9.89 Å². The average molecular weight is 546 g/mol. The van der Waals surface area contributed by atoms with Gasteiger partial charge in [-0.15, -0.1) is 24.0 Å². The van der Waals surface area contributed by atoms with Gasteiger partial charge in [0.25, 0.3) is 0 Å². The number of halogens is 1. The normalized spacial score (nSPS) is 17.3. The standard InChI is InChI=1S/C23H38N4O3.HI/c1-19(2)30-22-8-6-21(7-9-22)26-23(24-10-3-15-29-18-20-4-5-20)25-11-12-27-13-16-28-17-14-27;/h6-9,19-20H,3-5,10-18H2,1-2H3,(H2,24,25,26);1H. The summed E-state index contributed by atoms with van der Waals surface area (Å²) in [6.07, 6.45) is 3.77. The smallest absolute Gasteiger partial charge is 0.195 e. The number of rotatable bonds is 12. The molecule has 1 aromatic carbocycles. The molecule has 0 aromatic heterocycles. The van der Waals surface area contributed by atoms with Crippen LogP contribution in [0.5, 0.6) is 5.75 Å². The van der Waals surface area contributed by atoms with Gasteiger partial charge in [0.05, 0.1) is 19.3 Å². The van der Waals surface area contributed by atoms with Gasteiger partial charge in [0, 0.05) is 51.6 Å². The van der Waals surface area contributed by atoms with Crippen LogP contribution in [0.1, 0.15) is 33.1 Å². The molecule has 176 valence electrons. The van der Waals surface area contributed by atoms with Crippen LogP contribution >= 0.6 is 24.0 Å². The van der Waals surface area contributed by atoms with Crippen molar-refractivity contribution >= 4 is 35.6 Å². The Balaban J connectivity index is 0.00000341. The molecule has 7 nitrogen and oxygen atoms in total. The third-order valence-corrected chi connectivity index (χ3v) is 5.08. The molecular formula is C23H39IN4O3. The van der Waals surface area contributed by atoms with Crippen molar-refractivity contribution in [3.05, 3.63) is 24.3 Å². The Bertz CT molecular complexity index is 632. The number of anilines is 1. The first-order valence-electron chi connectivity index (χ1n) is 11.4. The zero-order valence-electron chi connectivity index (χ0n) is 19.0. The number of guanidine groups is 1. The zero-order chi connectivity index (χ0) is 21.0. The maximum Gasteiger partial charge on any atom is 0.195 e. The molecule has 0 amide bonds. The van der Waals surface area contributed by atoms with Crippen molar-refractivity contribution in [1.82, 2.24) is 10.2 Å². The van der Waals surface area contributed by atoms with Crippen LogP contribution in [-0.2, 0) is 9.47 Å². The summed E-state index contributed by atoms with van der Waals surface area (Å²) in [7, 11) is 0. The molecule has 0 spiro atoms. The van der Waals surface area contributed by atoms with Gasteiger partial charge in [-0.2, -0.15) is 0 Å². The van der Waals surface area contributed by atoms with E-state index < -0.39 is 0 Å². The van der Waals surface area contributed by atoms with Crippen LogP contribution in [0.4, 0.5) is 5.69 Å². The summed E-state index contributed by atoms with van der Waals surface area (Å²) in [6, 6.07) is 8.02. The molecule has 1 heterocycles. The molecule has 31 heavy (non-hydrogen) atoms. The number of nitrogens with one attached hydrogen (secondary N) is 2. The summed E-state index contributed by atoms with van der Waals surface area (Å²) < 4.78 is 16.9. The molecule has 2 aliphatic rings. The summed E-state index contributed by atoms with van der Waals surface area (Å²) in [4.78, 5) is 7.16. The van der Waals surface area contributed by atoms with Gasteiger partial charge in [0.15, 0.2) is 5.96 Å². The Labute approximate surface area is 204 Å². The second-order valence-corrected chi connectivity index (χ2v) is 8.30. The molecule has 8 heteroatoms. The molecule has 1 aliphatic carbocycles. The van der Waals surface area contributed by atoms with Crippen LogP contribution in [0.25, 0.3) is 0 Å². The minimum atomic E-state index is 0. The number of ether oxygens (including phenoxy) is 3. The summed E-state index contributed by atoms with van der Waals surface area (Å²) in [6.45, 7) is 12.0. The van der Waals surface area contributed by atoms with Crippen molar-refractivity contribution in [2.75, 3.05) is 64.5 Å². The highest BCUT2D eigenvalue weighted by Crippen LogP contribution is 2.28. The summed E-state index contributed by atoms with van der Waals surface area (Å²) in [5.41, 5.74) is 0.994. The van der Waals surface area contributed by atoms with E-state index in [1.54, 1.807) is 0 Å². The summed E-state index contributed by atoms with van der Waals surface area (Å²) >= 11 is 0. The van der Waals surface area contributed by atoms with Crippen molar-refractivity contribution in [2.45, 2.75) is 39.2 Å². The predicted molar refractivity (Wildman–Crippen MR) is 137 cm³/mol. The molecule has 2 N–H and O–H groups in total. The second kappa shape index (κ2) is 14.9. The number of hydrogen-bond acceptors (Lipinski definition) is 5. The van der Waals surface area contributed by atoms with E-state index in [0.717, 1.165) is 88.9 Å². The lowest BCUT2D eigenvalue weighted by Crippen LogP contribution is -2.42. The SMILES string of the molecule is CC(C)Oc1ccc(NC(=NCCCOCC2CC2)NCCN2CCOCC2)cc1.I. The fourth-order valence-electron chi connectivity index (χ4n) is 3.21. The van der Waals surface area contributed by atoms with E-state index in [-0.39, 0.29) is 30.1 Å². The lowest BCUT2D eigenvalue weighted by Gasteiger charge is -2.26.